The molecule has 11 heavy (non-hydrogen) atoms. The van der Waals surface area contributed by atoms with Crippen LogP contribution in [-0.4, -0.2) is 12.1 Å². The van der Waals surface area contributed by atoms with E-state index in [9.17, 15) is 0 Å². The van der Waals surface area contributed by atoms with Gasteiger partial charge in [-0.1, -0.05) is 0 Å². The predicted molar refractivity (Wildman–Crippen MR) is 46.0 cm³/mol. The smallest absolute Gasteiger partial charge is 0.00673 e. The lowest BCUT2D eigenvalue weighted by Crippen LogP contribution is -2.46. The molecule has 2 rings (SSSR count). The number of nitrogens with two attached hydrogens (primary N) is 2. The quantitative estimate of drug-likeness (QED) is 0.543. The molecule has 2 aliphatic carbocycles. The van der Waals surface area contributed by atoms with E-state index < -0.39 is 0 Å². The van der Waals surface area contributed by atoms with Crippen molar-refractivity contribution >= 4 is 0 Å². The van der Waals surface area contributed by atoms with Gasteiger partial charge in [0, 0.05) is 12.1 Å². The second-order valence-electron chi connectivity index (χ2n) is 4.24. The molecule has 2 bridgehead atoms. The first-order valence-electron chi connectivity index (χ1n) is 4.78. The molecule has 0 aromatic rings. The summed E-state index contributed by atoms with van der Waals surface area (Å²) < 4.78 is 0. The average molecular weight is 154 g/mol. The Morgan fingerprint density at radius 3 is 1.64 bits per heavy atom. The van der Waals surface area contributed by atoms with Crippen molar-refractivity contribution in [1.29, 1.82) is 0 Å². The standard InChI is InChI=1S/C9H18N2/c10-8-3-1-6-5-7(8)2-4-9(6)11/h6-9H,1-5,10-11H2/t6-,7+,8-,9-/m1/s1. The summed E-state index contributed by atoms with van der Waals surface area (Å²) in [7, 11) is 0. The highest BCUT2D eigenvalue weighted by molar-refractivity contribution is 4.91. The Kier molecular flexibility index (Phi) is 1.90. The SMILES string of the molecule is N[C@@H]1CC[C@H]2C[C@H]1CC[C@H]2N. The Bertz CT molecular complexity index is 130. The second-order valence-corrected chi connectivity index (χ2v) is 4.24. The molecule has 0 heterocycles. The van der Waals surface area contributed by atoms with E-state index >= 15 is 0 Å². The molecule has 2 nitrogen and oxygen atoms in total. The lowest BCUT2D eigenvalue weighted by molar-refractivity contribution is 0.143. The highest BCUT2D eigenvalue weighted by Crippen LogP contribution is 2.38. The van der Waals surface area contributed by atoms with Crippen LogP contribution < -0.4 is 11.5 Å². The third-order valence-electron chi connectivity index (χ3n) is 3.56. The Morgan fingerprint density at radius 2 is 1.18 bits per heavy atom. The van der Waals surface area contributed by atoms with Gasteiger partial charge in [0.05, 0.1) is 0 Å². The van der Waals surface area contributed by atoms with Gasteiger partial charge < -0.3 is 11.5 Å². The van der Waals surface area contributed by atoms with Crippen LogP contribution in [0.3, 0.4) is 0 Å². The van der Waals surface area contributed by atoms with Crippen molar-refractivity contribution in [2.24, 2.45) is 23.3 Å². The van der Waals surface area contributed by atoms with Gasteiger partial charge in [0.25, 0.3) is 0 Å². The van der Waals surface area contributed by atoms with Crippen molar-refractivity contribution in [2.75, 3.05) is 0 Å². The largest absolute Gasteiger partial charge is 0.327 e. The van der Waals surface area contributed by atoms with Gasteiger partial charge in [-0.25, -0.2) is 0 Å². The number of rotatable bonds is 0. The van der Waals surface area contributed by atoms with Gasteiger partial charge in [-0.05, 0) is 43.9 Å². The summed E-state index contributed by atoms with van der Waals surface area (Å²) in [6.45, 7) is 0. The Labute approximate surface area is 68.3 Å². The summed E-state index contributed by atoms with van der Waals surface area (Å²) >= 11 is 0. The minimum atomic E-state index is 0.485. The molecule has 0 saturated heterocycles. The molecule has 0 unspecified atom stereocenters. The van der Waals surface area contributed by atoms with Crippen LogP contribution in [0.5, 0.6) is 0 Å². The summed E-state index contributed by atoms with van der Waals surface area (Å²) in [5.74, 6) is 1.60. The van der Waals surface area contributed by atoms with E-state index in [2.05, 4.69) is 0 Å². The first-order chi connectivity index (χ1) is 5.27. The van der Waals surface area contributed by atoms with E-state index in [-0.39, 0.29) is 0 Å². The number of hydrogen-bond acceptors (Lipinski definition) is 2. The molecule has 0 amide bonds. The van der Waals surface area contributed by atoms with Crippen molar-refractivity contribution in [2.45, 2.75) is 44.2 Å². The zero-order valence-corrected chi connectivity index (χ0v) is 7.00. The van der Waals surface area contributed by atoms with E-state index in [4.69, 9.17) is 11.5 Å². The topological polar surface area (TPSA) is 52.0 Å². The lowest BCUT2D eigenvalue weighted by atomic mass is 9.68. The van der Waals surface area contributed by atoms with Crippen molar-refractivity contribution in [3.05, 3.63) is 0 Å². The van der Waals surface area contributed by atoms with Crippen LogP contribution in [0.2, 0.25) is 0 Å². The fourth-order valence-corrected chi connectivity index (χ4v) is 2.69. The first kappa shape index (κ1) is 7.56. The molecule has 2 saturated carbocycles. The normalized spacial score (nSPS) is 50.7. The fourth-order valence-electron chi connectivity index (χ4n) is 2.69. The Morgan fingerprint density at radius 1 is 0.727 bits per heavy atom. The van der Waals surface area contributed by atoms with Crippen molar-refractivity contribution in [3.8, 4) is 0 Å². The van der Waals surface area contributed by atoms with Crippen LogP contribution in [0, 0.1) is 11.8 Å². The summed E-state index contributed by atoms with van der Waals surface area (Å²) in [5.41, 5.74) is 12.0. The highest BCUT2D eigenvalue weighted by Gasteiger charge is 2.35. The zero-order chi connectivity index (χ0) is 7.84. The van der Waals surface area contributed by atoms with Crippen LogP contribution in [0.4, 0.5) is 0 Å². The zero-order valence-electron chi connectivity index (χ0n) is 7.00. The molecule has 0 spiro atoms. The van der Waals surface area contributed by atoms with Crippen LogP contribution in [-0.2, 0) is 0 Å². The van der Waals surface area contributed by atoms with Crippen LogP contribution in [0.1, 0.15) is 32.1 Å². The molecule has 64 valence electrons. The summed E-state index contributed by atoms with van der Waals surface area (Å²) in [4.78, 5) is 0. The highest BCUT2D eigenvalue weighted by atomic mass is 14.7. The fraction of sp³-hybridized carbons (Fsp3) is 1.00. The van der Waals surface area contributed by atoms with Crippen LogP contribution in [0.15, 0.2) is 0 Å². The van der Waals surface area contributed by atoms with Gasteiger partial charge >= 0.3 is 0 Å². The van der Waals surface area contributed by atoms with E-state index in [0.717, 1.165) is 11.8 Å². The van der Waals surface area contributed by atoms with E-state index in [1.54, 1.807) is 0 Å². The maximum Gasteiger partial charge on any atom is 0.00673 e. The molecule has 2 heteroatoms. The second kappa shape index (κ2) is 2.76. The van der Waals surface area contributed by atoms with Gasteiger partial charge in [0.1, 0.15) is 0 Å². The third-order valence-corrected chi connectivity index (χ3v) is 3.56. The maximum atomic E-state index is 5.99. The number of hydrogen-bond donors (Lipinski definition) is 2. The van der Waals surface area contributed by atoms with Crippen molar-refractivity contribution in [3.63, 3.8) is 0 Å². The molecule has 0 aliphatic heterocycles. The molecule has 2 aliphatic rings. The molecule has 0 aromatic heterocycles. The van der Waals surface area contributed by atoms with E-state index in [1.807, 2.05) is 0 Å². The van der Waals surface area contributed by atoms with Crippen LogP contribution >= 0.6 is 0 Å². The molecular formula is C9H18N2. The minimum Gasteiger partial charge on any atom is -0.327 e. The van der Waals surface area contributed by atoms with Gasteiger partial charge in [-0.3, -0.25) is 0 Å². The average Bonchev–Trinajstić information content (AvgIpc) is 2.02. The monoisotopic (exact) mass is 154 g/mol. The molecule has 0 radical (unpaired) electrons. The summed E-state index contributed by atoms with van der Waals surface area (Å²) in [6.07, 6.45) is 6.28. The summed E-state index contributed by atoms with van der Waals surface area (Å²) in [5, 5.41) is 0. The molecule has 0 aromatic carbocycles. The van der Waals surface area contributed by atoms with Gasteiger partial charge in [0.2, 0.25) is 0 Å². The Hall–Kier alpha value is -0.0800. The van der Waals surface area contributed by atoms with Crippen molar-refractivity contribution in [1.82, 2.24) is 0 Å². The van der Waals surface area contributed by atoms with Crippen LogP contribution in [0.25, 0.3) is 0 Å². The maximum absolute atomic E-state index is 5.99. The van der Waals surface area contributed by atoms with Crippen molar-refractivity contribution < 1.29 is 0 Å². The summed E-state index contributed by atoms with van der Waals surface area (Å²) in [6, 6.07) is 0.970. The minimum absolute atomic E-state index is 0.485. The first-order valence-corrected chi connectivity index (χ1v) is 4.78. The van der Waals surface area contributed by atoms with E-state index in [1.165, 1.54) is 32.1 Å². The molecule has 4 atom stereocenters. The molecule has 4 N–H and O–H groups in total. The third kappa shape index (κ3) is 1.30. The molecule has 2 fully saturated rings. The van der Waals surface area contributed by atoms with E-state index in [0.29, 0.717) is 12.1 Å². The van der Waals surface area contributed by atoms with Gasteiger partial charge in [0.15, 0.2) is 0 Å². The lowest BCUT2D eigenvalue weighted by Gasteiger charge is -2.41. The predicted octanol–water partition coefficient (Wildman–Crippen LogP) is 0.851. The van der Waals surface area contributed by atoms with Gasteiger partial charge in [-0.2, -0.15) is 0 Å². The van der Waals surface area contributed by atoms with Gasteiger partial charge in [-0.15, -0.1) is 0 Å². The molecular weight excluding hydrogens is 136 g/mol. The Balaban J connectivity index is 2.02. The number of fused-ring (bicyclic) bond motifs is 2.